The largest absolute Gasteiger partial charge is 0.480 e. The van der Waals surface area contributed by atoms with Crippen LogP contribution in [0.25, 0.3) is 0 Å². The van der Waals surface area contributed by atoms with Crippen LogP contribution in [0.3, 0.4) is 0 Å². The highest BCUT2D eigenvalue weighted by Crippen LogP contribution is 2.14. The van der Waals surface area contributed by atoms with Crippen LogP contribution in [0.1, 0.15) is 26.2 Å². The Kier molecular flexibility index (Phi) is 4.90. The Balaban J connectivity index is 2.42. The molecule has 0 unspecified atom stereocenters. The molecule has 1 saturated heterocycles. The first-order valence-corrected chi connectivity index (χ1v) is 5.27. The second-order valence-electron chi connectivity index (χ2n) is 3.71. The summed E-state index contributed by atoms with van der Waals surface area (Å²) >= 11 is 0. The Hall–Kier alpha value is -0.610. The lowest BCUT2D eigenvalue weighted by atomic mass is 10.1. The van der Waals surface area contributed by atoms with Gasteiger partial charge in [-0.25, -0.2) is 0 Å². The van der Waals surface area contributed by atoms with E-state index in [1.54, 1.807) is 0 Å². The fourth-order valence-corrected chi connectivity index (χ4v) is 1.90. The Morgan fingerprint density at radius 3 is 2.64 bits per heavy atom. The van der Waals surface area contributed by atoms with Crippen molar-refractivity contribution in [2.24, 2.45) is 0 Å². The summed E-state index contributed by atoms with van der Waals surface area (Å²) in [5, 5.41) is 8.77. The van der Waals surface area contributed by atoms with Gasteiger partial charge in [0.1, 0.15) is 0 Å². The molecule has 1 aliphatic rings. The van der Waals surface area contributed by atoms with E-state index in [9.17, 15) is 4.79 Å². The zero-order valence-electron chi connectivity index (χ0n) is 8.74. The molecule has 0 bridgehead atoms. The number of carboxylic acids is 1. The minimum Gasteiger partial charge on any atom is -0.480 e. The molecule has 0 radical (unpaired) electrons. The fraction of sp³-hybridized carbons (Fsp3) is 0.900. The lowest BCUT2D eigenvalue weighted by Crippen LogP contribution is -2.42. The highest BCUT2D eigenvalue weighted by Gasteiger charge is 2.22. The van der Waals surface area contributed by atoms with Gasteiger partial charge in [-0.3, -0.25) is 9.69 Å². The molecule has 0 spiro atoms. The maximum Gasteiger partial charge on any atom is 0.317 e. The number of hydrogen-bond donors (Lipinski definition) is 1. The summed E-state index contributed by atoms with van der Waals surface area (Å²) in [6.45, 7) is 4.65. The highest BCUT2D eigenvalue weighted by molar-refractivity contribution is 5.69. The summed E-state index contributed by atoms with van der Waals surface area (Å²) in [4.78, 5) is 12.7. The first-order chi connectivity index (χ1) is 6.74. The zero-order chi connectivity index (χ0) is 10.4. The highest BCUT2D eigenvalue weighted by atomic mass is 16.5. The fourth-order valence-electron chi connectivity index (χ4n) is 1.90. The number of ether oxygens (including phenoxy) is 1. The van der Waals surface area contributed by atoms with Gasteiger partial charge in [0.15, 0.2) is 0 Å². The van der Waals surface area contributed by atoms with E-state index < -0.39 is 5.97 Å². The zero-order valence-corrected chi connectivity index (χ0v) is 8.74. The summed E-state index contributed by atoms with van der Waals surface area (Å²) in [7, 11) is 0. The quantitative estimate of drug-likeness (QED) is 0.720. The monoisotopic (exact) mass is 201 g/mol. The maximum absolute atomic E-state index is 10.7. The van der Waals surface area contributed by atoms with Crippen LogP contribution in [-0.2, 0) is 9.53 Å². The molecule has 1 heterocycles. The molecule has 0 amide bonds. The minimum absolute atomic E-state index is 0.165. The van der Waals surface area contributed by atoms with Gasteiger partial charge in [-0.2, -0.15) is 0 Å². The average molecular weight is 201 g/mol. The summed E-state index contributed by atoms with van der Waals surface area (Å²) in [6.07, 6.45) is 2.94. The molecule has 82 valence electrons. The van der Waals surface area contributed by atoms with Gasteiger partial charge in [-0.1, -0.05) is 6.92 Å². The molecule has 4 heteroatoms. The van der Waals surface area contributed by atoms with E-state index in [0.717, 1.165) is 39.0 Å². The topological polar surface area (TPSA) is 49.8 Å². The molecule has 0 aromatic rings. The van der Waals surface area contributed by atoms with E-state index in [1.807, 2.05) is 0 Å². The van der Waals surface area contributed by atoms with Gasteiger partial charge < -0.3 is 9.84 Å². The average Bonchev–Trinajstić information content (AvgIpc) is 2.18. The number of aliphatic carboxylic acids is 1. The maximum atomic E-state index is 10.7. The Morgan fingerprint density at radius 2 is 2.14 bits per heavy atom. The smallest absolute Gasteiger partial charge is 0.317 e. The van der Waals surface area contributed by atoms with Crippen LogP contribution < -0.4 is 0 Å². The van der Waals surface area contributed by atoms with E-state index in [4.69, 9.17) is 9.84 Å². The van der Waals surface area contributed by atoms with E-state index in [-0.39, 0.29) is 6.54 Å². The van der Waals surface area contributed by atoms with Crippen LogP contribution in [0, 0.1) is 0 Å². The van der Waals surface area contributed by atoms with Crippen molar-refractivity contribution >= 4 is 5.97 Å². The summed E-state index contributed by atoms with van der Waals surface area (Å²) in [5.74, 6) is -0.732. The molecule has 1 rings (SSSR count). The first-order valence-electron chi connectivity index (χ1n) is 5.27. The molecule has 0 saturated carbocycles. The minimum atomic E-state index is -0.732. The van der Waals surface area contributed by atoms with Gasteiger partial charge in [0.25, 0.3) is 0 Å². The molecular weight excluding hydrogens is 182 g/mol. The standard InChI is InChI=1S/C10H19NO3/c1-2-5-11(8-10(12)13)9-3-6-14-7-4-9/h9H,2-8H2,1H3,(H,12,13). The summed E-state index contributed by atoms with van der Waals surface area (Å²) < 4.78 is 5.26. The first kappa shape index (κ1) is 11.5. The van der Waals surface area contributed by atoms with Crippen molar-refractivity contribution in [2.45, 2.75) is 32.2 Å². The van der Waals surface area contributed by atoms with Gasteiger partial charge in [-0.15, -0.1) is 0 Å². The van der Waals surface area contributed by atoms with E-state index in [2.05, 4.69) is 11.8 Å². The number of rotatable bonds is 5. The van der Waals surface area contributed by atoms with Crippen molar-refractivity contribution in [3.8, 4) is 0 Å². The van der Waals surface area contributed by atoms with E-state index >= 15 is 0 Å². The summed E-state index contributed by atoms with van der Waals surface area (Å²) in [5.41, 5.74) is 0. The van der Waals surface area contributed by atoms with Crippen molar-refractivity contribution < 1.29 is 14.6 Å². The van der Waals surface area contributed by atoms with E-state index in [0.29, 0.717) is 6.04 Å². The number of carbonyl (C=O) groups is 1. The van der Waals surface area contributed by atoms with Gasteiger partial charge in [0.05, 0.1) is 6.54 Å². The third-order valence-electron chi connectivity index (χ3n) is 2.56. The van der Waals surface area contributed by atoms with Crippen LogP contribution in [0.2, 0.25) is 0 Å². The van der Waals surface area contributed by atoms with Crippen molar-refractivity contribution in [1.29, 1.82) is 0 Å². The molecule has 1 fully saturated rings. The van der Waals surface area contributed by atoms with Crippen LogP contribution >= 0.6 is 0 Å². The molecule has 1 aliphatic heterocycles. The van der Waals surface area contributed by atoms with Crippen molar-refractivity contribution in [3.05, 3.63) is 0 Å². The van der Waals surface area contributed by atoms with Crippen LogP contribution in [0.4, 0.5) is 0 Å². The predicted octanol–water partition coefficient (Wildman–Crippen LogP) is 0.962. The SMILES string of the molecule is CCCN(CC(=O)O)C1CCOCC1. The molecule has 0 atom stereocenters. The van der Waals surface area contributed by atoms with Gasteiger partial charge in [0.2, 0.25) is 0 Å². The van der Waals surface area contributed by atoms with Gasteiger partial charge >= 0.3 is 5.97 Å². The molecule has 14 heavy (non-hydrogen) atoms. The Labute approximate surface area is 84.8 Å². The third-order valence-corrected chi connectivity index (χ3v) is 2.56. The van der Waals surface area contributed by atoms with Gasteiger partial charge in [0, 0.05) is 19.3 Å². The van der Waals surface area contributed by atoms with Crippen molar-refractivity contribution in [1.82, 2.24) is 4.90 Å². The van der Waals surface area contributed by atoms with Gasteiger partial charge in [-0.05, 0) is 25.8 Å². The normalized spacial score (nSPS) is 18.7. The number of carboxylic acid groups (broad SMARTS) is 1. The lowest BCUT2D eigenvalue weighted by Gasteiger charge is -2.32. The molecule has 0 aromatic heterocycles. The molecule has 4 nitrogen and oxygen atoms in total. The van der Waals surface area contributed by atoms with Crippen LogP contribution in [-0.4, -0.2) is 48.3 Å². The second-order valence-corrected chi connectivity index (χ2v) is 3.71. The molecule has 0 aromatic carbocycles. The van der Waals surface area contributed by atoms with Crippen molar-refractivity contribution in [3.63, 3.8) is 0 Å². The number of nitrogens with zero attached hydrogens (tertiary/aromatic N) is 1. The van der Waals surface area contributed by atoms with E-state index in [1.165, 1.54) is 0 Å². The van der Waals surface area contributed by atoms with Crippen LogP contribution in [0.15, 0.2) is 0 Å². The third kappa shape index (κ3) is 3.64. The summed E-state index contributed by atoms with van der Waals surface area (Å²) in [6, 6.07) is 0.403. The molecule has 0 aliphatic carbocycles. The predicted molar refractivity (Wildman–Crippen MR) is 53.3 cm³/mol. The number of hydrogen-bond acceptors (Lipinski definition) is 3. The lowest BCUT2D eigenvalue weighted by molar-refractivity contribution is -0.139. The molecule has 1 N–H and O–H groups in total. The van der Waals surface area contributed by atoms with Crippen LogP contribution in [0.5, 0.6) is 0 Å². The van der Waals surface area contributed by atoms with Crippen molar-refractivity contribution in [2.75, 3.05) is 26.3 Å². The second kappa shape index (κ2) is 5.98. The Morgan fingerprint density at radius 1 is 1.50 bits per heavy atom. The molecular formula is C10H19NO3. The Bertz CT molecular complexity index is 178.